The van der Waals surface area contributed by atoms with E-state index in [1.54, 1.807) is 6.92 Å². The molecule has 0 spiro atoms. The highest BCUT2D eigenvalue weighted by atomic mass is 16.5. The van der Waals surface area contributed by atoms with Crippen LogP contribution in [0.2, 0.25) is 0 Å². The van der Waals surface area contributed by atoms with Crippen LogP contribution in [0.1, 0.15) is 58.3 Å². The Morgan fingerprint density at radius 3 is 2.64 bits per heavy atom. The topological polar surface area (TPSA) is 84.5 Å². The second kappa shape index (κ2) is 7.61. The summed E-state index contributed by atoms with van der Waals surface area (Å²) in [6, 6.07) is -0.421. The highest BCUT2D eigenvalue weighted by molar-refractivity contribution is 5.90. The molecule has 6 nitrogen and oxygen atoms in total. The summed E-state index contributed by atoms with van der Waals surface area (Å²) in [5, 5.41) is 5.61. The van der Waals surface area contributed by atoms with Crippen molar-refractivity contribution in [2.45, 2.75) is 64.3 Å². The van der Waals surface area contributed by atoms with Crippen LogP contribution in [0.4, 0.5) is 0 Å². The number of nitrogens with one attached hydrogen (secondary N) is 2. The Morgan fingerprint density at radius 1 is 1.32 bits per heavy atom. The predicted molar refractivity (Wildman–Crippen MR) is 80.9 cm³/mol. The van der Waals surface area contributed by atoms with Crippen LogP contribution < -0.4 is 10.6 Å². The molecule has 1 unspecified atom stereocenters. The lowest BCUT2D eigenvalue weighted by atomic mass is 9.71. The first kappa shape index (κ1) is 16.8. The quantitative estimate of drug-likeness (QED) is 0.724. The van der Waals surface area contributed by atoms with Crippen LogP contribution in [0.15, 0.2) is 0 Å². The molecule has 1 heterocycles. The van der Waals surface area contributed by atoms with E-state index in [9.17, 15) is 14.4 Å². The molecule has 1 atom stereocenters. The van der Waals surface area contributed by atoms with Crippen molar-refractivity contribution in [2.24, 2.45) is 5.41 Å². The Labute approximate surface area is 131 Å². The van der Waals surface area contributed by atoms with E-state index >= 15 is 0 Å². The molecule has 6 heteroatoms. The minimum atomic E-state index is -0.421. The SMILES string of the molecule is CCOC(=O)CC1(CNC(=O)C2CCC(=O)N2)CCCCC1. The summed E-state index contributed by atoms with van der Waals surface area (Å²) in [6.07, 6.45) is 6.52. The molecule has 2 aliphatic rings. The van der Waals surface area contributed by atoms with Gasteiger partial charge in [0.2, 0.25) is 11.8 Å². The number of carbonyl (C=O) groups excluding carboxylic acids is 3. The molecule has 0 bridgehead atoms. The third-order valence-electron chi connectivity index (χ3n) is 4.69. The number of esters is 1. The van der Waals surface area contributed by atoms with Gasteiger partial charge in [0.25, 0.3) is 0 Å². The highest BCUT2D eigenvalue weighted by Crippen LogP contribution is 2.39. The van der Waals surface area contributed by atoms with E-state index in [0.29, 0.717) is 32.4 Å². The maximum absolute atomic E-state index is 12.1. The fourth-order valence-corrected chi connectivity index (χ4v) is 3.44. The van der Waals surface area contributed by atoms with Crippen LogP contribution in [0.5, 0.6) is 0 Å². The summed E-state index contributed by atoms with van der Waals surface area (Å²) < 4.78 is 5.08. The molecule has 1 aliphatic carbocycles. The Balaban J connectivity index is 1.90. The number of hydrogen-bond acceptors (Lipinski definition) is 4. The zero-order valence-corrected chi connectivity index (χ0v) is 13.3. The lowest BCUT2D eigenvalue weighted by Gasteiger charge is -2.37. The minimum absolute atomic E-state index is 0.0703. The summed E-state index contributed by atoms with van der Waals surface area (Å²) in [5.41, 5.74) is -0.192. The molecule has 22 heavy (non-hydrogen) atoms. The van der Waals surface area contributed by atoms with Gasteiger partial charge in [-0.25, -0.2) is 0 Å². The molecular weight excluding hydrogens is 284 g/mol. The number of amides is 2. The Kier molecular flexibility index (Phi) is 5.80. The van der Waals surface area contributed by atoms with E-state index in [2.05, 4.69) is 10.6 Å². The molecular formula is C16H26N2O4. The van der Waals surface area contributed by atoms with Crippen molar-refractivity contribution in [1.82, 2.24) is 10.6 Å². The number of rotatable bonds is 6. The van der Waals surface area contributed by atoms with E-state index in [0.717, 1.165) is 25.7 Å². The van der Waals surface area contributed by atoms with Gasteiger partial charge in [-0.1, -0.05) is 19.3 Å². The molecule has 2 amide bonds. The number of ether oxygens (including phenoxy) is 1. The maximum Gasteiger partial charge on any atom is 0.306 e. The average Bonchev–Trinajstić information content (AvgIpc) is 2.93. The van der Waals surface area contributed by atoms with Gasteiger partial charge in [-0.2, -0.15) is 0 Å². The van der Waals surface area contributed by atoms with Gasteiger partial charge in [-0.3, -0.25) is 14.4 Å². The van der Waals surface area contributed by atoms with Crippen LogP contribution in [0.25, 0.3) is 0 Å². The summed E-state index contributed by atoms with van der Waals surface area (Å²) in [4.78, 5) is 35.2. The van der Waals surface area contributed by atoms with Crippen molar-refractivity contribution in [3.8, 4) is 0 Å². The smallest absolute Gasteiger partial charge is 0.306 e. The minimum Gasteiger partial charge on any atom is -0.466 e. The van der Waals surface area contributed by atoms with Gasteiger partial charge in [0.15, 0.2) is 0 Å². The third kappa shape index (κ3) is 4.45. The van der Waals surface area contributed by atoms with Crippen LogP contribution in [0, 0.1) is 5.41 Å². The standard InChI is InChI=1S/C16H26N2O4/c1-2-22-14(20)10-16(8-4-3-5-9-16)11-17-15(21)12-6-7-13(19)18-12/h12H,2-11H2,1H3,(H,17,21)(H,18,19). The highest BCUT2D eigenvalue weighted by Gasteiger charge is 2.36. The van der Waals surface area contributed by atoms with Crippen molar-refractivity contribution in [3.63, 3.8) is 0 Å². The first-order chi connectivity index (χ1) is 10.5. The molecule has 0 aromatic heterocycles. The largest absolute Gasteiger partial charge is 0.466 e. The third-order valence-corrected chi connectivity index (χ3v) is 4.69. The van der Waals surface area contributed by atoms with Crippen LogP contribution in [-0.2, 0) is 19.1 Å². The van der Waals surface area contributed by atoms with E-state index in [1.165, 1.54) is 6.42 Å². The Morgan fingerprint density at radius 2 is 2.05 bits per heavy atom. The molecule has 1 aliphatic heterocycles. The van der Waals surface area contributed by atoms with Crippen LogP contribution >= 0.6 is 0 Å². The molecule has 2 N–H and O–H groups in total. The average molecular weight is 310 g/mol. The normalized spacial score (nSPS) is 23.7. The van der Waals surface area contributed by atoms with Gasteiger partial charge >= 0.3 is 5.97 Å². The second-order valence-electron chi connectivity index (χ2n) is 6.42. The Hall–Kier alpha value is -1.59. The Bertz CT molecular complexity index is 430. The van der Waals surface area contributed by atoms with Gasteiger partial charge in [-0.15, -0.1) is 0 Å². The lowest BCUT2D eigenvalue weighted by Crippen LogP contribution is -2.47. The number of carbonyl (C=O) groups is 3. The van der Waals surface area contributed by atoms with Crippen LogP contribution in [-0.4, -0.2) is 37.0 Å². The van der Waals surface area contributed by atoms with Crippen LogP contribution in [0.3, 0.4) is 0 Å². The van der Waals surface area contributed by atoms with Gasteiger partial charge in [-0.05, 0) is 31.6 Å². The molecule has 1 saturated carbocycles. The molecule has 1 saturated heterocycles. The molecule has 0 radical (unpaired) electrons. The molecule has 0 aromatic carbocycles. The maximum atomic E-state index is 12.1. The first-order valence-corrected chi connectivity index (χ1v) is 8.27. The lowest BCUT2D eigenvalue weighted by molar-refractivity contribution is -0.146. The number of hydrogen-bond donors (Lipinski definition) is 2. The summed E-state index contributed by atoms with van der Waals surface area (Å²) >= 11 is 0. The molecule has 2 fully saturated rings. The van der Waals surface area contributed by atoms with Crippen molar-refractivity contribution in [2.75, 3.05) is 13.2 Å². The summed E-state index contributed by atoms with van der Waals surface area (Å²) in [5.74, 6) is -0.397. The van der Waals surface area contributed by atoms with Crippen molar-refractivity contribution in [3.05, 3.63) is 0 Å². The van der Waals surface area contributed by atoms with E-state index in [4.69, 9.17) is 4.74 Å². The molecule has 0 aromatic rings. The van der Waals surface area contributed by atoms with E-state index in [-0.39, 0.29) is 23.2 Å². The summed E-state index contributed by atoms with van der Waals surface area (Å²) in [7, 11) is 0. The fraction of sp³-hybridized carbons (Fsp3) is 0.812. The fourth-order valence-electron chi connectivity index (χ4n) is 3.44. The van der Waals surface area contributed by atoms with Crippen molar-refractivity contribution < 1.29 is 19.1 Å². The molecule has 124 valence electrons. The predicted octanol–water partition coefficient (Wildman–Crippen LogP) is 1.28. The van der Waals surface area contributed by atoms with Crippen molar-refractivity contribution >= 4 is 17.8 Å². The van der Waals surface area contributed by atoms with Gasteiger partial charge < -0.3 is 15.4 Å². The van der Waals surface area contributed by atoms with Gasteiger partial charge in [0.05, 0.1) is 13.0 Å². The zero-order valence-electron chi connectivity index (χ0n) is 13.3. The van der Waals surface area contributed by atoms with E-state index in [1.807, 2.05) is 0 Å². The van der Waals surface area contributed by atoms with E-state index < -0.39 is 6.04 Å². The summed E-state index contributed by atoms with van der Waals surface area (Å²) in [6.45, 7) is 2.67. The second-order valence-corrected chi connectivity index (χ2v) is 6.42. The monoisotopic (exact) mass is 310 g/mol. The molecule has 2 rings (SSSR count). The zero-order chi connectivity index (χ0) is 16.0. The first-order valence-electron chi connectivity index (χ1n) is 8.27. The van der Waals surface area contributed by atoms with Gasteiger partial charge in [0.1, 0.15) is 6.04 Å². The van der Waals surface area contributed by atoms with Gasteiger partial charge in [0, 0.05) is 13.0 Å². The van der Waals surface area contributed by atoms with Crippen molar-refractivity contribution in [1.29, 1.82) is 0 Å².